The van der Waals surface area contributed by atoms with Crippen molar-refractivity contribution < 1.29 is 14.6 Å². The Morgan fingerprint density at radius 3 is 2.45 bits per heavy atom. The summed E-state index contributed by atoms with van der Waals surface area (Å²) in [5.74, 6) is 0. The fourth-order valence-electron chi connectivity index (χ4n) is 3.13. The van der Waals surface area contributed by atoms with E-state index in [1.165, 1.54) is 5.56 Å². The number of benzene rings is 1. The predicted molar refractivity (Wildman–Crippen MR) is 87.9 cm³/mol. The molecule has 0 bridgehead atoms. The van der Waals surface area contributed by atoms with Gasteiger partial charge in [-0.2, -0.15) is 0 Å². The molecule has 1 aliphatic rings. The van der Waals surface area contributed by atoms with Crippen LogP contribution in [0.15, 0.2) is 30.3 Å². The number of β-amino-alcohol motifs (C(OH)–C–C–N with tert-alkyl or cyclic N) is 1. The highest BCUT2D eigenvalue weighted by Crippen LogP contribution is 2.21. The molecule has 0 aromatic heterocycles. The van der Waals surface area contributed by atoms with E-state index in [1.807, 2.05) is 18.2 Å². The van der Waals surface area contributed by atoms with Gasteiger partial charge in [0.25, 0.3) is 0 Å². The van der Waals surface area contributed by atoms with Gasteiger partial charge in [-0.15, -0.1) is 0 Å². The van der Waals surface area contributed by atoms with E-state index < -0.39 is 6.10 Å². The van der Waals surface area contributed by atoms with E-state index in [0.29, 0.717) is 13.2 Å². The molecular weight excluding hydrogens is 278 g/mol. The standard InChI is InChI=1S/C18H29NO3/c1-4-18(16-8-6-5-7-9-16)21-13-17(20)12-19-10-14(2)22-15(3)11-19/h5-9,14-15,17-18,20H,4,10-13H2,1-3H3/t14-,15+,17-,18+/m0/s1. The lowest BCUT2D eigenvalue weighted by molar-refractivity contribution is -0.0861. The molecule has 1 fully saturated rings. The zero-order chi connectivity index (χ0) is 15.9. The zero-order valence-electron chi connectivity index (χ0n) is 13.9. The summed E-state index contributed by atoms with van der Waals surface area (Å²) in [7, 11) is 0. The maximum absolute atomic E-state index is 10.3. The van der Waals surface area contributed by atoms with Crippen molar-refractivity contribution in [2.75, 3.05) is 26.2 Å². The molecule has 4 nitrogen and oxygen atoms in total. The van der Waals surface area contributed by atoms with Crippen molar-refractivity contribution in [3.05, 3.63) is 35.9 Å². The van der Waals surface area contributed by atoms with Gasteiger partial charge < -0.3 is 14.6 Å². The van der Waals surface area contributed by atoms with Crippen LogP contribution in [0.3, 0.4) is 0 Å². The summed E-state index contributed by atoms with van der Waals surface area (Å²) in [6.45, 7) is 9.02. The van der Waals surface area contributed by atoms with Gasteiger partial charge in [-0.1, -0.05) is 37.3 Å². The van der Waals surface area contributed by atoms with Crippen LogP contribution in [-0.4, -0.2) is 54.6 Å². The summed E-state index contributed by atoms with van der Waals surface area (Å²) in [5, 5.41) is 10.3. The SMILES string of the molecule is CC[C@@H](OC[C@@H](O)CN1C[C@@H](C)O[C@@H](C)C1)c1ccccc1. The van der Waals surface area contributed by atoms with Crippen LogP contribution in [0, 0.1) is 0 Å². The minimum atomic E-state index is -0.463. The molecule has 1 N–H and O–H groups in total. The number of aliphatic hydroxyl groups excluding tert-OH is 1. The summed E-state index contributed by atoms with van der Waals surface area (Å²) in [6.07, 6.45) is 0.949. The van der Waals surface area contributed by atoms with Gasteiger partial charge in [0.2, 0.25) is 0 Å². The zero-order valence-corrected chi connectivity index (χ0v) is 13.9. The molecule has 1 aromatic rings. The largest absolute Gasteiger partial charge is 0.389 e. The monoisotopic (exact) mass is 307 g/mol. The van der Waals surface area contributed by atoms with E-state index in [0.717, 1.165) is 19.5 Å². The van der Waals surface area contributed by atoms with Crippen LogP contribution in [0.2, 0.25) is 0 Å². The van der Waals surface area contributed by atoms with Crippen LogP contribution >= 0.6 is 0 Å². The predicted octanol–water partition coefficient (Wildman–Crippen LogP) is 2.62. The molecule has 0 radical (unpaired) electrons. The van der Waals surface area contributed by atoms with Crippen molar-refractivity contribution in [1.82, 2.24) is 4.90 Å². The Hall–Kier alpha value is -0.940. The number of aliphatic hydroxyl groups is 1. The van der Waals surface area contributed by atoms with Crippen LogP contribution in [0.25, 0.3) is 0 Å². The average Bonchev–Trinajstić information content (AvgIpc) is 2.48. The lowest BCUT2D eigenvalue weighted by atomic mass is 10.1. The Morgan fingerprint density at radius 1 is 1.23 bits per heavy atom. The molecule has 4 atom stereocenters. The van der Waals surface area contributed by atoms with Crippen LogP contribution in [0.1, 0.15) is 38.9 Å². The number of ether oxygens (including phenoxy) is 2. The number of morpholine rings is 1. The van der Waals surface area contributed by atoms with Gasteiger partial charge >= 0.3 is 0 Å². The molecule has 1 aromatic carbocycles. The molecule has 0 amide bonds. The van der Waals surface area contributed by atoms with E-state index in [9.17, 15) is 5.11 Å². The Morgan fingerprint density at radius 2 is 1.86 bits per heavy atom. The molecule has 124 valence electrons. The fourth-order valence-corrected chi connectivity index (χ4v) is 3.13. The molecule has 2 rings (SSSR count). The van der Waals surface area contributed by atoms with Crippen molar-refractivity contribution in [2.24, 2.45) is 0 Å². The minimum Gasteiger partial charge on any atom is -0.389 e. The minimum absolute atomic E-state index is 0.0541. The van der Waals surface area contributed by atoms with Gasteiger partial charge in [-0.3, -0.25) is 4.90 Å². The average molecular weight is 307 g/mol. The second kappa shape index (κ2) is 8.63. The molecular formula is C18H29NO3. The Kier molecular flexibility index (Phi) is 6.83. The molecule has 4 heteroatoms. The van der Waals surface area contributed by atoms with Crippen molar-refractivity contribution in [3.8, 4) is 0 Å². The first-order valence-corrected chi connectivity index (χ1v) is 8.31. The van der Waals surface area contributed by atoms with E-state index in [-0.39, 0.29) is 18.3 Å². The fraction of sp³-hybridized carbons (Fsp3) is 0.667. The molecule has 0 unspecified atom stereocenters. The van der Waals surface area contributed by atoms with Crippen molar-refractivity contribution >= 4 is 0 Å². The first kappa shape index (κ1) is 17.4. The van der Waals surface area contributed by atoms with E-state index in [1.54, 1.807) is 0 Å². The van der Waals surface area contributed by atoms with Crippen LogP contribution in [0.4, 0.5) is 0 Å². The van der Waals surface area contributed by atoms with Gasteiger partial charge in [-0.05, 0) is 25.8 Å². The van der Waals surface area contributed by atoms with Crippen molar-refractivity contribution in [1.29, 1.82) is 0 Å². The quantitative estimate of drug-likeness (QED) is 0.841. The lowest BCUT2D eigenvalue weighted by Gasteiger charge is -2.36. The van der Waals surface area contributed by atoms with Crippen molar-refractivity contribution in [3.63, 3.8) is 0 Å². The third-order valence-corrected chi connectivity index (χ3v) is 4.00. The summed E-state index contributed by atoms with van der Waals surface area (Å²) in [4.78, 5) is 2.26. The molecule has 1 aliphatic heterocycles. The number of hydrogen-bond donors (Lipinski definition) is 1. The number of hydrogen-bond acceptors (Lipinski definition) is 4. The lowest BCUT2D eigenvalue weighted by Crippen LogP contribution is -2.48. The smallest absolute Gasteiger partial charge is 0.0900 e. The van der Waals surface area contributed by atoms with Crippen LogP contribution in [0.5, 0.6) is 0 Å². The molecule has 0 saturated carbocycles. The Balaban J connectivity index is 1.78. The van der Waals surface area contributed by atoms with Gasteiger partial charge in [0, 0.05) is 19.6 Å². The topological polar surface area (TPSA) is 41.9 Å². The summed E-state index contributed by atoms with van der Waals surface area (Å²) in [6, 6.07) is 10.2. The highest BCUT2D eigenvalue weighted by atomic mass is 16.5. The third-order valence-electron chi connectivity index (χ3n) is 4.00. The van der Waals surface area contributed by atoms with Gasteiger partial charge in [-0.25, -0.2) is 0 Å². The second-order valence-corrected chi connectivity index (χ2v) is 6.27. The van der Waals surface area contributed by atoms with Gasteiger partial charge in [0.1, 0.15) is 0 Å². The van der Waals surface area contributed by atoms with E-state index >= 15 is 0 Å². The first-order valence-electron chi connectivity index (χ1n) is 8.31. The molecule has 22 heavy (non-hydrogen) atoms. The summed E-state index contributed by atoms with van der Waals surface area (Å²) >= 11 is 0. The second-order valence-electron chi connectivity index (χ2n) is 6.27. The van der Waals surface area contributed by atoms with Gasteiger partial charge in [0.15, 0.2) is 0 Å². The van der Waals surface area contributed by atoms with E-state index in [2.05, 4.69) is 37.8 Å². The van der Waals surface area contributed by atoms with Crippen LogP contribution in [-0.2, 0) is 9.47 Å². The third kappa shape index (κ3) is 5.36. The normalized spacial score (nSPS) is 25.8. The Bertz CT molecular complexity index is 416. The highest BCUT2D eigenvalue weighted by molar-refractivity contribution is 5.17. The maximum Gasteiger partial charge on any atom is 0.0900 e. The van der Waals surface area contributed by atoms with Gasteiger partial charge in [0.05, 0.1) is 31.0 Å². The van der Waals surface area contributed by atoms with Crippen molar-refractivity contribution in [2.45, 2.75) is 51.6 Å². The molecule has 0 aliphatic carbocycles. The molecule has 0 spiro atoms. The molecule has 1 saturated heterocycles. The Labute approximate surface area is 134 Å². The maximum atomic E-state index is 10.3. The highest BCUT2D eigenvalue weighted by Gasteiger charge is 2.24. The number of rotatable bonds is 7. The summed E-state index contributed by atoms with van der Waals surface area (Å²) < 4.78 is 11.6. The number of nitrogens with zero attached hydrogens (tertiary/aromatic N) is 1. The van der Waals surface area contributed by atoms with E-state index in [4.69, 9.17) is 9.47 Å². The molecule has 1 heterocycles. The first-order chi connectivity index (χ1) is 10.6. The summed E-state index contributed by atoms with van der Waals surface area (Å²) in [5.41, 5.74) is 1.17. The van der Waals surface area contributed by atoms with Crippen LogP contribution < -0.4 is 0 Å².